The van der Waals surface area contributed by atoms with Crippen molar-refractivity contribution in [3.05, 3.63) is 76.4 Å². The predicted molar refractivity (Wildman–Crippen MR) is 152 cm³/mol. The maximum atomic E-state index is 14.5. The first-order valence-corrected chi connectivity index (χ1v) is 13.8. The minimum Gasteiger partial charge on any atom is -0.344 e. The molecule has 0 aliphatic carbocycles. The molecular weight excluding hydrogens is 563 g/mol. The Morgan fingerprint density at radius 1 is 1.16 bits per heavy atom. The van der Waals surface area contributed by atoms with E-state index in [1.54, 1.807) is 24.3 Å². The minimum atomic E-state index is -1.41. The fraction of sp³-hybridized carbons (Fsp3) is 0.452. The molecule has 1 saturated heterocycles. The summed E-state index contributed by atoms with van der Waals surface area (Å²) in [6.07, 6.45) is -1.25. The van der Waals surface area contributed by atoms with Crippen LogP contribution in [0.1, 0.15) is 51.7 Å². The van der Waals surface area contributed by atoms with Gasteiger partial charge in [-0.2, -0.15) is 0 Å². The van der Waals surface area contributed by atoms with Crippen LogP contribution in [0, 0.1) is 29.4 Å². The van der Waals surface area contributed by atoms with Crippen molar-refractivity contribution in [1.82, 2.24) is 15.1 Å². The Bertz CT molecular complexity index is 1520. The van der Waals surface area contributed by atoms with Crippen molar-refractivity contribution in [1.29, 1.82) is 0 Å². The summed E-state index contributed by atoms with van der Waals surface area (Å²) in [6, 6.07) is 5.56. The van der Waals surface area contributed by atoms with Crippen molar-refractivity contribution in [2.45, 2.75) is 70.6 Å². The number of carbonyl (C=O) groups is 4. The Balaban J connectivity index is 1.67. The molecule has 4 rings (SSSR count). The van der Waals surface area contributed by atoms with Gasteiger partial charge in [0.25, 0.3) is 5.91 Å². The summed E-state index contributed by atoms with van der Waals surface area (Å²) in [5.41, 5.74) is -0.642. The Kier molecular flexibility index (Phi) is 8.58. The molecule has 2 aliphatic heterocycles. The Morgan fingerprint density at radius 2 is 1.81 bits per heavy atom. The van der Waals surface area contributed by atoms with Crippen LogP contribution in [-0.2, 0) is 31.0 Å². The number of hydrogen-bond acceptors (Lipinski definition) is 4. The third-order valence-corrected chi connectivity index (χ3v) is 7.98. The number of hydrogen-bond donors (Lipinski definition) is 2. The molecule has 2 heterocycles. The van der Waals surface area contributed by atoms with Crippen molar-refractivity contribution in [2.24, 2.45) is 5.41 Å². The second kappa shape index (κ2) is 11.7. The third kappa shape index (κ3) is 6.21. The van der Waals surface area contributed by atoms with Crippen LogP contribution in [0.4, 0.5) is 18.9 Å². The van der Waals surface area contributed by atoms with Crippen LogP contribution in [0.15, 0.2) is 36.4 Å². The third-order valence-electron chi connectivity index (χ3n) is 7.98. The van der Waals surface area contributed by atoms with Crippen LogP contribution < -0.4 is 10.6 Å². The van der Waals surface area contributed by atoms with Crippen LogP contribution >= 0.6 is 0 Å². The van der Waals surface area contributed by atoms with Crippen LogP contribution in [0.25, 0.3) is 4.85 Å². The Hall–Kier alpha value is -4.40. The molecule has 0 aromatic heterocycles. The van der Waals surface area contributed by atoms with Gasteiger partial charge in [0.2, 0.25) is 17.7 Å². The first-order chi connectivity index (χ1) is 20.1. The quantitative estimate of drug-likeness (QED) is 0.375. The van der Waals surface area contributed by atoms with E-state index < -0.39 is 70.7 Å². The molecular formula is C31H34F3N5O4. The number of nitrogens with one attached hydrogen (secondary N) is 2. The minimum absolute atomic E-state index is 0.0698. The maximum absolute atomic E-state index is 14.5. The second-order valence-corrected chi connectivity index (χ2v) is 12.4. The molecule has 1 fully saturated rings. The lowest BCUT2D eigenvalue weighted by atomic mass is 9.80. The van der Waals surface area contributed by atoms with Crippen molar-refractivity contribution >= 4 is 29.3 Å². The van der Waals surface area contributed by atoms with E-state index in [9.17, 15) is 32.3 Å². The zero-order valence-corrected chi connectivity index (χ0v) is 24.6. The number of carbonyl (C=O) groups excluding carboxylic acids is 4. The van der Waals surface area contributed by atoms with Gasteiger partial charge < -0.3 is 15.5 Å². The van der Waals surface area contributed by atoms with Crippen LogP contribution in [0.2, 0.25) is 0 Å². The summed E-state index contributed by atoms with van der Waals surface area (Å²) in [7, 11) is 1.36. The van der Waals surface area contributed by atoms with Gasteiger partial charge in [-0.1, -0.05) is 39.0 Å². The van der Waals surface area contributed by atoms with E-state index in [1.165, 1.54) is 11.9 Å². The van der Waals surface area contributed by atoms with Gasteiger partial charge in [-0.15, -0.1) is 0 Å². The molecule has 2 aromatic carbocycles. The molecule has 4 amide bonds. The van der Waals surface area contributed by atoms with Gasteiger partial charge in [0.15, 0.2) is 11.6 Å². The first-order valence-electron chi connectivity index (χ1n) is 13.8. The van der Waals surface area contributed by atoms with Crippen molar-refractivity contribution < 1.29 is 32.3 Å². The van der Waals surface area contributed by atoms with Crippen molar-refractivity contribution in [3.8, 4) is 0 Å². The lowest BCUT2D eigenvalue weighted by Crippen LogP contribution is -2.57. The first kappa shape index (κ1) is 31.5. The molecule has 4 atom stereocenters. The number of amides is 4. The molecule has 0 unspecified atom stereocenters. The van der Waals surface area contributed by atoms with Gasteiger partial charge in [0, 0.05) is 38.7 Å². The van der Waals surface area contributed by atoms with Crippen LogP contribution in [0.5, 0.6) is 0 Å². The molecule has 9 nitrogen and oxygen atoms in total. The van der Waals surface area contributed by atoms with E-state index in [4.69, 9.17) is 6.57 Å². The van der Waals surface area contributed by atoms with E-state index >= 15 is 0 Å². The fourth-order valence-electron chi connectivity index (χ4n) is 5.90. The normalized spacial score (nSPS) is 20.7. The lowest BCUT2D eigenvalue weighted by molar-refractivity contribution is -0.147. The SMILES string of the molecule is [C-]#[N+][C@@H]1C[C@@]2(CN1C(=O)[C@H](CC(C)(C)C)N(C)C(=O)[C@H](Cc1cc(F)c(F)cc1F)NC(C)=O)C(=O)Nc1ccccc12. The summed E-state index contributed by atoms with van der Waals surface area (Å²) in [4.78, 5) is 59.5. The molecule has 0 saturated carbocycles. The molecule has 1 spiro atoms. The van der Waals surface area contributed by atoms with E-state index in [1.807, 2.05) is 20.8 Å². The van der Waals surface area contributed by atoms with Crippen molar-refractivity contribution in [3.63, 3.8) is 0 Å². The molecule has 43 heavy (non-hydrogen) atoms. The van der Waals surface area contributed by atoms with E-state index in [-0.39, 0.29) is 30.9 Å². The summed E-state index contributed by atoms with van der Waals surface area (Å²) in [5, 5.41) is 5.28. The highest BCUT2D eigenvalue weighted by atomic mass is 19.2. The predicted octanol–water partition coefficient (Wildman–Crippen LogP) is 3.78. The average molecular weight is 598 g/mol. The monoisotopic (exact) mass is 597 g/mol. The van der Waals surface area contributed by atoms with E-state index in [0.717, 1.165) is 11.8 Å². The van der Waals surface area contributed by atoms with Gasteiger partial charge in [0.1, 0.15) is 23.3 Å². The number of para-hydroxylation sites is 1. The van der Waals surface area contributed by atoms with Gasteiger partial charge in [0.05, 0.1) is 6.42 Å². The number of nitrogens with zero attached hydrogens (tertiary/aromatic N) is 3. The smallest absolute Gasteiger partial charge is 0.302 e. The van der Waals surface area contributed by atoms with Crippen LogP contribution in [-0.4, -0.2) is 65.3 Å². The summed E-state index contributed by atoms with van der Waals surface area (Å²) >= 11 is 0. The average Bonchev–Trinajstić information content (AvgIpc) is 3.45. The Morgan fingerprint density at radius 3 is 2.44 bits per heavy atom. The lowest BCUT2D eigenvalue weighted by Gasteiger charge is -2.36. The number of halogens is 3. The number of fused-ring (bicyclic) bond motifs is 2. The zero-order valence-electron chi connectivity index (χ0n) is 24.6. The van der Waals surface area contributed by atoms with Crippen molar-refractivity contribution in [2.75, 3.05) is 18.9 Å². The number of benzene rings is 2. The van der Waals surface area contributed by atoms with Gasteiger partial charge in [-0.05, 0) is 35.1 Å². The van der Waals surface area contributed by atoms with E-state index in [2.05, 4.69) is 15.5 Å². The number of likely N-dealkylation sites (tertiary alicyclic amines) is 1. The molecule has 228 valence electrons. The fourth-order valence-corrected chi connectivity index (χ4v) is 5.90. The van der Waals surface area contributed by atoms with Gasteiger partial charge in [-0.25, -0.2) is 19.7 Å². The highest BCUT2D eigenvalue weighted by Gasteiger charge is 2.59. The standard InChI is InChI=1S/C31H34F3N5O4/c1-17(40)36-24(12-18-11-21(33)22(34)13-20(18)32)27(41)38(6)25(14-30(2,3)4)28(42)39-16-31(15-26(39)35-5)19-9-7-8-10-23(19)37-29(31)43/h7-11,13,24-26H,12,14-16H2,1-4,6H3,(H,36,40)(H,37,43)/t24-,25-,26-,31-/m0/s1. The summed E-state index contributed by atoms with van der Waals surface area (Å²) in [6.45, 7) is 14.5. The maximum Gasteiger partial charge on any atom is 0.302 e. The molecule has 2 aromatic rings. The molecule has 2 aliphatic rings. The second-order valence-electron chi connectivity index (χ2n) is 12.4. The van der Waals surface area contributed by atoms with E-state index in [0.29, 0.717) is 23.4 Å². The summed E-state index contributed by atoms with van der Waals surface area (Å²) < 4.78 is 41.9. The summed E-state index contributed by atoms with van der Waals surface area (Å²) in [5.74, 6) is -6.06. The number of rotatable bonds is 7. The highest BCUT2D eigenvalue weighted by Crippen LogP contribution is 2.47. The molecule has 0 radical (unpaired) electrons. The number of likely N-dealkylation sites (N-methyl/N-ethyl adjacent to an activating group) is 1. The molecule has 2 N–H and O–H groups in total. The van der Waals surface area contributed by atoms with Gasteiger partial charge in [-0.3, -0.25) is 28.9 Å². The van der Waals surface area contributed by atoms with Crippen LogP contribution in [0.3, 0.4) is 0 Å². The molecule has 12 heteroatoms. The topological polar surface area (TPSA) is 103 Å². The molecule has 0 bridgehead atoms. The Labute approximate surface area is 248 Å². The highest BCUT2D eigenvalue weighted by molar-refractivity contribution is 6.07. The number of anilines is 1. The van der Waals surface area contributed by atoms with Gasteiger partial charge >= 0.3 is 6.17 Å². The largest absolute Gasteiger partial charge is 0.344 e. The zero-order chi connectivity index (χ0) is 31.9.